The Morgan fingerprint density at radius 3 is 1.38 bits per heavy atom. The molecular formula is C7H18Al. The Balaban J connectivity index is 0. The lowest BCUT2D eigenvalue weighted by atomic mass is 9.84. The third-order valence-electron chi connectivity index (χ3n) is 1.48. The summed E-state index contributed by atoms with van der Waals surface area (Å²) in [6, 6.07) is 0. The van der Waals surface area contributed by atoms with E-state index in [4.69, 9.17) is 0 Å². The van der Waals surface area contributed by atoms with Gasteiger partial charge in [0.2, 0.25) is 0 Å². The largest absolute Gasteiger partial charge is 0.187 e. The van der Waals surface area contributed by atoms with Crippen LogP contribution >= 0.6 is 0 Å². The lowest BCUT2D eigenvalue weighted by Gasteiger charge is -2.22. The fourth-order valence-electron chi connectivity index (χ4n) is 0. The molecule has 0 aromatic rings. The third kappa shape index (κ3) is 4.69. The quantitative estimate of drug-likeness (QED) is 0.433. The molecule has 0 aromatic heterocycles. The predicted octanol–water partition coefficient (Wildman–Crippen LogP) is 1.32. The second-order valence-electron chi connectivity index (χ2n) is 3.27. The first-order valence-corrected chi connectivity index (χ1v) is 2.77. The van der Waals surface area contributed by atoms with Gasteiger partial charge in [0.25, 0.3) is 0 Å². The van der Waals surface area contributed by atoms with Gasteiger partial charge < -0.3 is 0 Å². The Morgan fingerprint density at radius 1 is 1.25 bits per heavy atom. The zero-order valence-corrected chi connectivity index (χ0v) is 5.78. The van der Waals surface area contributed by atoms with Gasteiger partial charge >= 0.3 is 0 Å². The van der Waals surface area contributed by atoms with E-state index < -0.39 is 0 Å². The van der Waals surface area contributed by atoms with E-state index in [0.29, 0.717) is 11.3 Å². The molecule has 1 atom stereocenters. The van der Waals surface area contributed by atoms with Crippen LogP contribution in [0, 0.1) is 18.3 Å². The minimum Gasteiger partial charge on any atom is -0.0620 e. The minimum atomic E-state index is 0. The molecule has 0 N–H and O–H groups in total. The van der Waals surface area contributed by atoms with E-state index in [1.54, 1.807) is 0 Å². The van der Waals surface area contributed by atoms with Gasteiger partial charge in [-0.2, -0.15) is 0 Å². The maximum Gasteiger partial charge on any atom is 0.187 e. The van der Waals surface area contributed by atoms with Crippen LogP contribution in [0.1, 0.15) is 27.7 Å². The van der Waals surface area contributed by atoms with Crippen LogP contribution in [0.2, 0.25) is 0 Å². The van der Waals surface area contributed by atoms with Gasteiger partial charge in [0.1, 0.15) is 0 Å². The molecule has 0 saturated heterocycles. The molecule has 0 aliphatic rings. The van der Waals surface area contributed by atoms with Gasteiger partial charge in [-0.05, 0) is 18.3 Å². The van der Waals surface area contributed by atoms with E-state index in [0.717, 1.165) is 0 Å². The first kappa shape index (κ1) is 11.3. The molecule has 0 rings (SSSR count). The van der Waals surface area contributed by atoms with Crippen LogP contribution in [0.3, 0.4) is 0 Å². The molecule has 8 heavy (non-hydrogen) atoms. The smallest absolute Gasteiger partial charge is 0.0620 e. The van der Waals surface area contributed by atoms with Crippen LogP contribution in [0.25, 0.3) is 0 Å². The van der Waals surface area contributed by atoms with Gasteiger partial charge in [0, 0.05) is 0 Å². The summed E-state index contributed by atoms with van der Waals surface area (Å²) >= 11 is 0. The summed E-state index contributed by atoms with van der Waals surface area (Å²) in [5.74, 6) is 0.549. The second kappa shape index (κ2) is 3.54. The van der Waals surface area contributed by atoms with Gasteiger partial charge in [-0.25, -0.2) is 0 Å². The molecule has 49 valence electrons. The Kier molecular flexibility index (Phi) is 5.02. The Hall–Kier alpha value is 0.532. The number of rotatable bonds is 0. The molecule has 0 aliphatic heterocycles. The van der Waals surface area contributed by atoms with Crippen LogP contribution < -0.4 is 0 Å². The van der Waals surface area contributed by atoms with Crippen molar-refractivity contribution >= 4 is 17.4 Å². The second-order valence-corrected chi connectivity index (χ2v) is 3.27. The molecule has 0 bridgehead atoms. The molecule has 0 aliphatic carbocycles. The fraction of sp³-hybridized carbons (Fsp3) is 0.857. The lowest BCUT2D eigenvalue weighted by Crippen LogP contribution is -2.13. The van der Waals surface area contributed by atoms with Crippen LogP contribution in [-0.4, -0.2) is 17.4 Å². The van der Waals surface area contributed by atoms with Gasteiger partial charge in [0.05, 0.1) is 0 Å². The molecular weight excluding hydrogens is 111 g/mol. The molecule has 0 amide bonds. The normalized spacial score (nSPS) is 11.2. The Bertz CT molecular complexity index is 49.9. The predicted molar refractivity (Wildman–Crippen MR) is 43.9 cm³/mol. The van der Waals surface area contributed by atoms with Gasteiger partial charge in [-0.3, -0.25) is 0 Å². The standard InChI is InChI=1S/C7H15.Al.3H/c1-6(2)7(3,4)5;;;;/h6H,1H2,2-5H3;;;;. The highest BCUT2D eigenvalue weighted by Crippen LogP contribution is 2.23. The third-order valence-corrected chi connectivity index (χ3v) is 1.48. The molecule has 0 fully saturated rings. The number of hydrogen-bond donors (Lipinski definition) is 0. The monoisotopic (exact) mass is 129 g/mol. The van der Waals surface area contributed by atoms with Crippen molar-refractivity contribution in [1.82, 2.24) is 0 Å². The minimum absolute atomic E-state index is 0. The summed E-state index contributed by atoms with van der Waals surface area (Å²) in [6.07, 6.45) is 0. The first-order valence-electron chi connectivity index (χ1n) is 2.77. The van der Waals surface area contributed by atoms with Crippen molar-refractivity contribution in [2.45, 2.75) is 27.7 Å². The summed E-state index contributed by atoms with van der Waals surface area (Å²) < 4.78 is 0. The highest BCUT2D eigenvalue weighted by atomic mass is 27.0. The molecule has 1 radical (unpaired) electrons. The summed E-state index contributed by atoms with van der Waals surface area (Å²) in [7, 11) is 0. The average molecular weight is 129 g/mol. The van der Waals surface area contributed by atoms with Crippen LogP contribution in [0.5, 0.6) is 0 Å². The van der Waals surface area contributed by atoms with Crippen molar-refractivity contribution < 1.29 is 0 Å². The molecule has 0 saturated carbocycles. The summed E-state index contributed by atoms with van der Waals surface area (Å²) in [6.45, 7) is 12.6. The SMILES string of the molecule is [AlH3].[CH2]C(C)C(C)(C)C. The topological polar surface area (TPSA) is 0 Å². The van der Waals surface area contributed by atoms with E-state index in [1.807, 2.05) is 0 Å². The van der Waals surface area contributed by atoms with Crippen molar-refractivity contribution in [3.63, 3.8) is 0 Å². The van der Waals surface area contributed by atoms with Crippen molar-refractivity contribution in [3.8, 4) is 0 Å². The summed E-state index contributed by atoms with van der Waals surface area (Å²) in [5, 5.41) is 0. The summed E-state index contributed by atoms with van der Waals surface area (Å²) in [5.41, 5.74) is 0.389. The molecule has 0 spiro atoms. The Morgan fingerprint density at radius 2 is 1.38 bits per heavy atom. The van der Waals surface area contributed by atoms with E-state index in [2.05, 4.69) is 34.6 Å². The molecule has 1 heteroatoms. The average Bonchev–Trinajstić information content (AvgIpc) is 1.31. The molecule has 0 nitrogen and oxygen atoms in total. The van der Waals surface area contributed by atoms with E-state index >= 15 is 0 Å². The Labute approximate surface area is 63.8 Å². The molecule has 0 aromatic carbocycles. The lowest BCUT2D eigenvalue weighted by molar-refractivity contribution is 0.312. The van der Waals surface area contributed by atoms with E-state index in [-0.39, 0.29) is 17.4 Å². The van der Waals surface area contributed by atoms with Crippen molar-refractivity contribution in [3.05, 3.63) is 6.92 Å². The fourth-order valence-corrected chi connectivity index (χ4v) is 0. The van der Waals surface area contributed by atoms with Crippen molar-refractivity contribution in [2.75, 3.05) is 0 Å². The zero-order chi connectivity index (χ0) is 6.08. The van der Waals surface area contributed by atoms with Crippen molar-refractivity contribution in [2.24, 2.45) is 11.3 Å². The summed E-state index contributed by atoms with van der Waals surface area (Å²) in [4.78, 5) is 0. The van der Waals surface area contributed by atoms with Gasteiger partial charge in [0.15, 0.2) is 17.4 Å². The van der Waals surface area contributed by atoms with Crippen LogP contribution in [0.15, 0.2) is 0 Å². The van der Waals surface area contributed by atoms with Crippen LogP contribution in [-0.2, 0) is 0 Å². The maximum atomic E-state index is 3.91. The van der Waals surface area contributed by atoms with Gasteiger partial charge in [-0.15, -0.1) is 0 Å². The van der Waals surface area contributed by atoms with E-state index in [1.165, 1.54) is 0 Å². The number of hydrogen-bond acceptors (Lipinski definition) is 0. The van der Waals surface area contributed by atoms with Crippen LogP contribution in [0.4, 0.5) is 0 Å². The van der Waals surface area contributed by atoms with Gasteiger partial charge in [-0.1, -0.05) is 27.7 Å². The van der Waals surface area contributed by atoms with Crippen molar-refractivity contribution in [1.29, 1.82) is 0 Å². The maximum absolute atomic E-state index is 3.91. The highest BCUT2D eigenvalue weighted by Gasteiger charge is 2.13. The highest BCUT2D eigenvalue weighted by molar-refractivity contribution is 5.75. The van der Waals surface area contributed by atoms with E-state index in [9.17, 15) is 0 Å². The first-order chi connectivity index (χ1) is 2.94. The molecule has 1 unspecified atom stereocenters. The molecule has 0 heterocycles. The zero-order valence-electron chi connectivity index (χ0n) is 5.78.